The molecule has 0 aromatic carbocycles. The van der Waals surface area contributed by atoms with Crippen LogP contribution >= 0.6 is 11.6 Å². The van der Waals surface area contributed by atoms with E-state index >= 15 is 0 Å². The topological polar surface area (TPSA) is 122 Å². The molecule has 8 nitrogen and oxygen atoms in total. The third-order valence-electron chi connectivity index (χ3n) is 2.51. The van der Waals surface area contributed by atoms with Crippen molar-refractivity contribution in [3.63, 3.8) is 0 Å². The summed E-state index contributed by atoms with van der Waals surface area (Å²) in [5.74, 6) is -1.21. The minimum absolute atomic E-state index is 0.0142. The Morgan fingerprint density at radius 2 is 2.30 bits per heavy atom. The van der Waals surface area contributed by atoms with Crippen LogP contribution in [0.3, 0.4) is 0 Å². The molecule has 4 N–H and O–H groups in total. The average molecular weight is 306 g/mol. The van der Waals surface area contributed by atoms with Crippen LogP contribution in [-0.4, -0.2) is 21.8 Å². The molecule has 1 heterocycles. The molecule has 1 aromatic heterocycles. The highest BCUT2D eigenvalue weighted by Crippen LogP contribution is 2.25. The predicted octanol–water partition coefficient (Wildman–Crippen LogP) is 1.35. The van der Waals surface area contributed by atoms with Gasteiger partial charge in [-0.25, -0.2) is 0 Å². The van der Waals surface area contributed by atoms with E-state index in [9.17, 15) is 14.5 Å². The van der Waals surface area contributed by atoms with E-state index in [-0.39, 0.29) is 11.0 Å². The fourth-order valence-electron chi connectivity index (χ4n) is 1.49. The zero-order valence-electron chi connectivity index (χ0n) is 10.7. The van der Waals surface area contributed by atoms with Crippen molar-refractivity contribution in [3.05, 3.63) is 44.9 Å². The van der Waals surface area contributed by atoms with Crippen LogP contribution in [0.2, 0.25) is 0 Å². The van der Waals surface area contributed by atoms with Crippen LogP contribution < -0.4 is 11.5 Å². The number of nitrogens with two attached hydrogens (primary N) is 2. The number of allylic oxidation sites excluding steroid dienone is 2. The van der Waals surface area contributed by atoms with Crippen molar-refractivity contribution in [2.75, 3.05) is 7.11 Å². The average Bonchev–Trinajstić information content (AvgIpc) is 2.76. The van der Waals surface area contributed by atoms with Gasteiger partial charge < -0.3 is 16.2 Å². The van der Waals surface area contributed by atoms with Gasteiger partial charge in [-0.2, -0.15) is 4.39 Å². The molecule has 0 saturated heterocycles. The monoisotopic (exact) mass is 305 g/mol. The summed E-state index contributed by atoms with van der Waals surface area (Å²) in [6, 6.07) is -0.671. The Hall–Kier alpha value is -2.29. The Morgan fingerprint density at radius 3 is 2.70 bits per heavy atom. The predicted molar refractivity (Wildman–Crippen MR) is 69.9 cm³/mol. The van der Waals surface area contributed by atoms with Crippen LogP contribution in [0.15, 0.2) is 28.9 Å². The van der Waals surface area contributed by atoms with Crippen molar-refractivity contribution in [2.45, 2.75) is 13.0 Å². The van der Waals surface area contributed by atoms with E-state index in [1.54, 1.807) is 6.92 Å². The van der Waals surface area contributed by atoms with Crippen molar-refractivity contribution in [2.24, 2.45) is 11.5 Å². The van der Waals surface area contributed by atoms with Gasteiger partial charge in [-0.3, -0.25) is 14.8 Å². The lowest BCUT2D eigenvalue weighted by molar-refractivity contribution is -0.387. The quantitative estimate of drug-likeness (QED) is 0.278. The molecule has 1 rings (SSSR count). The summed E-state index contributed by atoms with van der Waals surface area (Å²) >= 11 is 5.57. The number of methoxy groups -OCH3 is 1. The Morgan fingerprint density at radius 1 is 1.70 bits per heavy atom. The van der Waals surface area contributed by atoms with Crippen molar-refractivity contribution in [1.82, 2.24) is 9.78 Å². The fraction of sp³-hybridized carbons (Fsp3) is 0.300. The van der Waals surface area contributed by atoms with Crippen molar-refractivity contribution in [1.29, 1.82) is 0 Å². The molecule has 0 aliphatic carbocycles. The number of nitrogens with zero attached hydrogens (tertiary/aromatic N) is 3. The van der Waals surface area contributed by atoms with Gasteiger partial charge in [0.25, 0.3) is 0 Å². The van der Waals surface area contributed by atoms with E-state index in [0.29, 0.717) is 5.57 Å². The highest BCUT2D eigenvalue weighted by atomic mass is 35.5. The smallest absolute Gasteiger partial charge is 0.343 e. The lowest BCUT2D eigenvalue weighted by Gasteiger charge is -2.15. The van der Waals surface area contributed by atoms with Crippen LogP contribution in [-0.2, 0) is 4.74 Å². The maximum atomic E-state index is 13.3. The molecular weight excluding hydrogens is 293 g/mol. The molecule has 0 fully saturated rings. The summed E-state index contributed by atoms with van der Waals surface area (Å²) in [4.78, 5) is 9.72. The molecule has 0 spiro atoms. The molecule has 110 valence electrons. The number of rotatable bonds is 5. The van der Waals surface area contributed by atoms with Gasteiger partial charge in [-0.1, -0.05) is 11.6 Å². The van der Waals surface area contributed by atoms with Gasteiger partial charge in [0.15, 0.2) is 5.88 Å². The SMILES string of the molecule is CO/C(N)=C(/C=C(\N)Cl)C(C)n1cc([N+](=O)[O-])c(F)n1. The Kier molecular flexibility index (Phi) is 4.92. The first-order chi connectivity index (χ1) is 9.27. The third-order valence-corrected chi connectivity index (χ3v) is 2.62. The second-order valence-electron chi connectivity index (χ2n) is 3.77. The standard InChI is InChI=1S/C10H13ClFN5O3/c1-5(6(3-8(11)13)10(14)20-2)16-4-7(17(18)19)9(12)15-16/h3-5H,13-14H2,1-2H3/b8-3-,10-6-. The van der Waals surface area contributed by atoms with Crippen molar-refractivity contribution in [3.8, 4) is 0 Å². The molecule has 0 aliphatic rings. The number of hydrogen-bond acceptors (Lipinski definition) is 6. The Balaban J connectivity index is 3.27. The summed E-state index contributed by atoms with van der Waals surface area (Å²) in [7, 11) is 1.33. The zero-order chi connectivity index (χ0) is 15.4. The van der Waals surface area contributed by atoms with Gasteiger partial charge in [0.1, 0.15) is 6.20 Å². The summed E-state index contributed by atoms with van der Waals surface area (Å²) in [5, 5.41) is 13.9. The molecule has 1 aromatic rings. The van der Waals surface area contributed by atoms with Crippen molar-refractivity contribution < 1.29 is 14.1 Å². The Bertz CT molecular complexity index is 579. The first kappa shape index (κ1) is 15.8. The first-order valence-corrected chi connectivity index (χ1v) is 5.71. The molecule has 0 amide bonds. The van der Waals surface area contributed by atoms with Gasteiger partial charge in [0.05, 0.1) is 23.2 Å². The molecule has 10 heteroatoms. The van der Waals surface area contributed by atoms with E-state index in [1.165, 1.54) is 13.2 Å². The van der Waals surface area contributed by atoms with Crippen LogP contribution in [0, 0.1) is 16.1 Å². The van der Waals surface area contributed by atoms with Gasteiger partial charge in [0, 0.05) is 5.57 Å². The molecule has 0 saturated carbocycles. The van der Waals surface area contributed by atoms with E-state index in [0.717, 1.165) is 10.9 Å². The summed E-state index contributed by atoms with van der Waals surface area (Å²) < 4.78 is 19.2. The number of nitro groups is 1. The van der Waals surface area contributed by atoms with Crippen LogP contribution in [0.5, 0.6) is 0 Å². The summed E-state index contributed by atoms with van der Waals surface area (Å²) in [6.45, 7) is 1.58. The molecule has 0 aliphatic heterocycles. The largest absolute Gasteiger partial charge is 0.482 e. The lowest BCUT2D eigenvalue weighted by atomic mass is 10.1. The van der Waals surface area contributed by atoms with Gasteiger partial charge in [0.2, 0.25) is 0 Å². The summed E-state index contributed by atoms with van der Waals surface area (Å²) in [5.41, 5.74) is 10.6. The Labute approximate surface area is 118 Å². The number of halogens is 2. The summed E-state index contributed by atoms with van der Waals surface area (Å²) in [6.07, 6.45) is 2.25. The van der Waals surface area contributed by atoms with Crippen LogP contribution in [0.4, 0.5) is 10.1 Å². The second kappa shape index (κ2) is 6.24. The fourth-order valence-corrected chi connectivity index (χ4v) is 1.60. The molecule has 1 unspecified atom stereocenters. The third kappa shape index (κ3) is 3.38. The normalized spacial score (nSPS) is 14.7. The maximum absolute atomic E-state index is 13.3. The minimum Gasteiger partial charge on any atom is -0.482 e. The molecule has 0 radical (unpaired) electrons. The van der Waals surface area contributed by atoms with Gasteiger partial charge in [-0.05, 0) is 13.0 Å². The van der Waals surface area contributed by atoms with E-state index < -0.39 is 22.6 Å². The van der Waals surface area contributed by atoms with E-state index in [1.807, 2.05) is 0 Å². The molecular formula is C10H13ClFN5O3. The number of hydrogen-bond donors (Lipinski definition) is 2. The molecule has 1 atom stereocenters. The van der Waals surface area contributed by atoms with Gasteiger partial charge in [-0.15, -0.1) is 5.10 Å². The second-order valence-corrected chi connectivity index (χ2v) is 4.21. The van der Waals surface area contributed by atoms with Gasteiger partial charge >= 0.3 is 11.6 Å². The molecule has 0 bridgehead atoms. The maximum Gasteiger partial charge on any atom is 0.343 e. The number of aromatic nitrogens is 2. The zero-order valence-corrected chi connectivity index (χ0v) is 11.5. The molecule has 20 heavy (non-hydrogen) atoms. The van der Waals surface area contributed by atoms with E-state index in [2.05, 4.69) is 5.10 Å². The van der Waals surface area contributed by atoms with E-state index in [4.69, 9.17) is 27.8 Å². The van der Waals surface area contributed by atoms with Crippen molar-refractivity contribution >= 4 is 17.3 Å². The highest BCUT2D eigenvalue weighted by Gasteiger charge is 2.23. The number of ether oxygens (including phenoxy) is 1. The minimum atomic E-state index is -1.19. The van der Waals surface area contributed by atoms with Crippen LogP contribution in [0.25, 0.3) is 0 Å². The van der Waals surface area contributed by atoms with Crippen LogP contribution in [0.1, 0.15) is 13.0 Å². The lowest BCUT2D eigenvalue weighted by Crippen LogP contribution is -2.15. The highest BCUT2D eigenvalue weighted by molar-refractivity contribution is 6.29. The first-order valence-electron chi connectivity index (χ1n) is 5.33.